The molecule has 100 valence electrons. The first-order valence-corrected chi connectivity index (χ1v) is 6.21. The predicted molar refractivity (Wildman–Crippen MR) is 73.2 cm³/mol. The summed E-state index contributed by atoms with van der Waals surface area (Å²) in [6, 6.07) is 8.85. The molecule has 6 heteroatoms. The molecule has 0 radical (unpaired) electrons. The Kier molecular flexibility index (Phi) is 4.24. The number of hydrogen-bond donors (Lipinski definition) is 2. The van der Waals surface area contributed by atoms with Crippen LogP contribution in [0.15, 0.2) is 30.3 Å². The van der Waals surface area contributed by atoms with Gasteiger partial charge in [-0.3, -0.25) is 4.68 Å². The minimum Gasteiger partial charge on any atom is -0.488 e. The summed E-state index contributed by atoms with van der Waals surface area (Å²) < 4.78 is 7.42. The Morgan fingerprint density at radius 2 is 2.05 bits per heavy atom. The average Bonchev–Trinajstić information content (AvgIpc) is 2.77. The first-order chi connectivity index (χ1) is 9.11. The summed E-state index contributed by atoms with van der Waals surface area (Å²) in [5.41, 5.74) is 2.32. The van der Waals surface area contributed by atoms with Crippen molar-refractivity contribution in [3.05, 3.63) is 41.7 Å². The molecule has 0 aliphatic carbocycles. The normalized spacial score (nSPS) is 10.5. The van der Waals surface area contributed by atoms with Gasteiger partial charge in [-0.1, -0.05) is 25.1 Å². The standard InChI is InChI=1S/C13H17BN2O3/c1-3-10-8-11(16(2)15-10)9-19-13-7-5-4-6-12(13)14(17)18/h4-8,17-18H,3,9H2,1-2H3. The Labute approximate surface area is 112 Å². The lowest BCUT2D eigenvalue weighted by Gasteiger charge is -2.10. The fourth-order valence-corrected chi connectivity index (χ4v) is 1.86. The Morgan fingerprint density at radius 1 is 1.32 bits per heavy atom. The average molecular weight is 260 g/mol. The number of benzene rings is 1. The van der Waals surface area contributed by atoms with Gasteiger partial charge in [0.2, 0.25) is 0 Å². The number of aryl methyl sites for hydroxylation is 2. The molecule has 0 unspecified atom stereocenters. The van der Waals surface area contributed by atoms with Gasteiger partial charge in [-0.05, 0) is 18.6 Å². The number of ether oxygens (including phenoxy) is 1. The van der Waals surface area contributed by atoms with Gasteiger partial charge in [-0.2, -0.15) is 5.10 Å². The molecule has 1 aromatic heterocycles. The SMILES string of the molecule is CCc1cc(COc2ccccc2B(O)O)n(C)n1. The molecule has 1 heterocycles. The zero-order valence-corrected chi connectivity index (χ0v) is 11.1. The Bertz CT molecular complexity index is 555. The summed E-state index contributed by atoms with van der Waals surface area (Å²) in [7, 11) is 0.332. The maximum atomic E-state index is 9.26. The van der Waals surface area contributed by atoms with E-state index in [4.69, 9.17) is 4.74 Å². The summed E-state index contributed by atoms with van der Waals surface area (Å²) in [4.78, 5) is 0. The summed E-state index contributed by atoms with van der Waals surface area (Å²) in [6.07, 6.45) is 0.875. The lowest BCUT2D eigenvalue weighted by atomic mass is 9.79. The molecule has 0 aliphatic rings. The highest BCUT2D eigenvalue weighted by atomic mass is 16.5. The molecule has 0 aliphatic heterocycles. The van der Waals surface area contributed by atoms with Crippen molar-refractivity contribution >= 4 is 12.6 Å². The molecule has 0 bridgehead atoms. The predicted octanol–water partition coefficient (Wildman–Crippen LogP) is 0.241. The van der Waals surface area contributed by atoms with Crippen LogP contribution in [0.25, 0.3) is 0 Å². The van der Waals surface area contributed by atoms with Crippen molar-refractivity contribution in [1.82, 2.24) is 9.78 Å². The van der Waals surface area contributed by atoms with E-state index in [1.165, 1.54) is 0 Å². The molecule has 0 spiro atoms. The van der Waals surface area contributed by atoms with E-state index >= 15 is 0 Å². The van der Waals surface area contributed by atoms with Crippen LogP contribution in [0.2, 0.25) is 0 Å². The van der Waals surface area contributed by atoms with Crippen LogP contribution < -0.4 is 10.2 Å². The van der Waals surface area contributed by atoms with Crippen LogP contribution in [-0.2, 0) is 20.1 Å². The van der Waals surface area contributed by atoms with Gasteiger partial charge < -0.3 is 14.8 Å². The van der Waals surface area contributed by atoms with E-state index in [1.807, 2.05) is 20.0 Å². The molecular weight excluding hydrogens is 243 g/mol. The van der Waals surface area contributed by atoms with E-state index in [-0.39, 0.29) is 0 Å². The minimum atomic E-state index is -1.53. The van der Waals surface area contributed by atoms with Crippen molar-refractivity contribution in [3.63, 3.8) is 0 Å². The fourth-order valence-electron chi connectivity index (χ4n) is 1.86. The second-order valence-electron chi connectivity index (χ2n) is 4.30. The van der Waals surface area contributed by atoms with Gasteiger partial charge in [0.05, 0.1) is 11.4 Å². The molecule has 5 nitrogen and oxygen atoms in total. The van der Waals surface area contributed by atoms with Crippen LogP contribution in [0.5, 0.6) is 5.75 Å². The van der Waals surface area contributed by atoms with Crippen LogP contribution in [0.1, 0.15) is 18.3 Å². The molecule has 1 aromatic carbocycles. The smallest absolute Gasteiger partial charge is 0.488 e. The highest BCUT2D eigenvalue weighted by molar-refractivity contribution is 6.59. The van der Waals surface area contributed by atoms with Crippen molar-refractivity contribution in [3.8, 4) is 5.75 Å². The van der Waals surface area contributed by atoms with Gasteiger partial charge >= 0.3 is 7.12 Å². The van der Waals surface area contributed by atoms with Gasteiger partial charge in [0.1, 0.15) is 12.4 Å². The van der Waals surface area contributed by atoms with Gasteiger partial charge in [0.15, 0.2) is 0 Å². The third-order valence-electron chi connectivity index (χ3n) is 2.96. The fraction of sp³-hybridized carbons (Fsp3) is 0.308. The monoisotopic (exact) mass is 260 g/mol. The Morgan fingerprint density at radius 3 is 2.68 bits per heavy atom. The van der Waals surface area contributed by atoms with Crippen LogP contribution in [0.4, 0.5) is 0 Å². The highest BCUT2D eigenvalue weighted by Crippen LogP contribution is 2.11. The molecular formula is C13H17BN2O3. The molecule has 0 atom stereocenters. The topological polar surface area (TPSA) is 67.5 Å². The van der Waals surface area contributed by atoms with Crippen LogP contribution in [-0.4, -0.2) is 26.9 Å². The second-order valence-corrected chi connectivity index (χ2v) is 4.30. The van der Waals surface area contributed by atoms with Crippen LogP contribution in [0.3, 0.4) is 0 Å². The van der Waals surface area contributed by atoms with Gasteiger partial charge in [0, 0.05) is 12.5 Å². The van der Waals surface area contributed by atoms with E-state index in [2.05, 4.69) is 5.10 Å². The molecule has 0 saturated carbocycles. The summed E-state index contributed by atoms with van der Waals surface area (Å²) in [6.45, 7) is 2.39. The summed E-state index contributed by atoms with van der Waals surface area (Å²) in [5, 5.41) is 22.8. The maximum Gasteiger partial charge on any atom is 0.492 e. The zero-order chi connectivity index (χ0) is 13.8. The molecule has 0 fully saturated rings. The van der Waals surface area contributed by atoms with Crippen molar-refractivity contribution in [2.45, 2.75) is 20.0 Å². The number of para-hydroxylation sites is 1. The third kappa shape index (κ3) is 3.16. The molecule has 0 saturated heterocycles. The first kappa shape index (κ1) is 13.6. The number of nitrogens with zero attached hydrogens (tertiary/aromatic N) is 2. The molecule has 0 amide bonds. The van der Waals surface area contributed by atoms with Crippen molar-refractivity contribution in [1.29, 1.82) is 0 Å². The molecule has 2 aromatic rings. The van der Waals surface area contributed by atoms with Crippen LogP contribution in [0, 0.1) is 0 Å². The van der Waals surface area contributed by atoms with E-state index in [0.717, 1.165) is 17.8 Å². The van der Waals surface area contributed by atoms with E-state index in [0.29, 0.717) is 17.8 Å². The largest absolute Gasteiger partial charge is 0.492 e. The zero-order valence-electron chi connectivity index (χ0n) is 11.1. The van der Waals surface area contributed by atoms with E-state index < -0.39 is 7.12 Å². The number of aromatic nitrogens is 2. The van der Waals surface area contributed by atoms with Crippen molar-refractivity contribution in [2.75, 3.05) is 0 Å². The first-order valence-electron chi connectivity index (χ1n) is 6.21. The highest BCUT2D eigenvalue weighted by Gasteiger charge is 2.16. The molecule has 19 heavy (non-hydrogen) atoms. The summed E-state index contributed by atoms with van der Waals surface area (Å²) >= 11 is 0. The Balaban J connectivity index is 2.12. The second kappa shape index (κ2) is 5.90. The van der Waals surface area contributed by atoms with Crippen LogP contribution >= 0.6 is 0 Å². The summed E-state index contributed by atoms with van der Waals surface area (Å²) in [5.74, 6) is 0.469. The number of hydrogen-bond acceptors (Lipinski definition) is 4. The van der Waals surface area contributed by atoms with Crippen molar-refractivity contribution in [2.24, 2.45) is 7.05 Å². The van der Waals surface area contributed by atoms with Gasteiger partial charge in [-0.25, -0.2) is 0 Å². The van der Waals surface area contributed by atoms with Gasteiger partial charge in [-0.15, -0.1) is 0 Å². The Hall–Kier alpha value is -1.79. The van der Waals surface area contributed by atoms with E-state index in [9.17, 15) is 10.0 Å². The lowest BCUT2D eigenvalue weighted by Crippen LogP contribution is -2.31. The molecule has 2 rings (SSSR count). The maximum absolute atomic E-state index is 9.26. The number of rotatable bonds is 5. The lowest BCUT2D eigenvalue weighted by molar-refractivity contribution is 0.295. The van der Waals surface area contributed by atoms with Crippen molar-refractivity contribution < 1.29 is 14.8 Å². The van der Waals surface area contributed by atoms with Gasteiger partial charge in [0.25, 0.3) is 0 Å². The third-order valence-corrected chi connectivity index (χ3v) is 2.96. The van der Waals surface area contributed by atoms with E-state index in [1.54, 1.807) is 28.9 Å². The minimum absolute atomic E-state index is 0.341. The molecule has 2 N–H and O–H groups in total. The quantitative estimate of drug-likeness (QED) is 0.756.